The standard InChI is InChI=1S/C21H26N4O2/c1-12-3-6-17-19(25(12)13(2)26)8-7-16(21(17)27-15-9-22-10-15)18-11-23-24-20(18)14-4-5-14/h7-8,11-12,14-15,22H,3-6,9-10H2,1-2H3,(H,23,24)/t12-/m0/s1. The number of nitrogens with one attached hydrogen (secondary N) is 2. The summed E-state index contributed by atoms with van der Waals surface area (Å²) in [6.45, 7) is 5.51. The number of amides is 1. The lowest BCUT2D eigenvalue weighted by Crippen LogP contribution is -2.50. The number of aromatic nitrogens is 2. The summed E-state index contributed by atoms with van der Waals surface area (Å²) >= 11 is 0. The Morgan fingerprint density at radius 1 is 1.22 bits per heavy atom. The molecule has 1 amide bonds. The fourth-order valence-electron chi connectivity index (χ4n) is 4.34. The lowest BCUT2D eigenvalue weighted by molar-refractivity contribution is -0.117. The maximum Gasteiger partial charge on any atom is 0.224 e. The Hall–Kier alpha value is -2.34. The molecule has 0 unspecified atom stereocenters. The largest absolute Gasteiger partial charge is 0.487 e. The van der Waals surface area contributed by atoms with Crippen molar-refractivity contribution in [3.05, 3.63) is 29.6 Å². The molecule has 2 fully saturated rings. The van der Waals surface area contributed by atoms with Crippen LogP contribution in [0.15, 0.2) is 18.3 Å². The Morgan fingerprint density at radius 3 is 2.70 bits per heavy atom. The Kier molecular flexibility index (Phi) is 3.97. The maximum absolute atomic E-state index is 12.3. The van der Waals surface area contributed by atoms with Crippen molar-refractivity contribution in [2.24, 2.45) is 0 Å². The van der Waals surface area contributed by atoms with Gasteiger partial charge < -0.3 is 15.0 Å². The minimum atomic E-state index is 0.0921. The van der Waals surface area contributed by atoms with E-state index in [1.165, 1.54) is 18.5 Å². The van der Waals surface area contributed by atoms with Crippen LogP contribution in [0.4, 0.5) is 5.69 Å². The van der Waals surface area contributed by atoms with Gasteiger partial charge in [0.1, 0.15) is 11.9 Å². The molecule has 6 heteroatoms. The van der Waals surface area contributed by atoms with Crippen LogP contribution in [0.3, 0.4) is 0 Å². The maximum atomic E-state index is 12.3. The molecule has 0 bridgehead atoms. The Bertz CT molecular complexity index is 882. The van der Waals surface area contributed by atoms with Crippen molar-refractivity contribution in [2.75, 3.05) is 18.0 Å². The van der Waals surface area contributed by atoms with E-state index in [0.29, 0.717) is 5.92 Å². The third-order valence-corrected chi connectivity index (χ3v) is 6.06. The first kappa shape index (κ1) is 16.8. The van der Waals surface area contributed by atoms with Crippen LogP contribution in [0, 0.1) is 0 Å². The highest BCUT2D eigenvalue weighted by atomic mass is 16.5. The molecule has 1 saturated carbocycles. The first-order valence-electron chi connectivity index (χ1n) is 10.00. The summed E-state index contributed by atoms with van der Waals surface area (Å²) in [6, 6.07) is 4.43. The van der Waals surface area contributed by atoms with E-state index in [4.69, 9.17) is 4.74 Å². The number of carbonyl (C=O) groups excluding carboxylic acids is 1. The van der Waals surface area contributed by atoms with Crippen molar-refractivity contribution in [2.45, 2.75) is 57.6 Å². The molecule has 2 N–H and O–H groups in total. The summed E-state index contributed by atoms with van der Waals surface area (Å²) in [6.07, 6.45) is 6.44. The molecule has 2 aromatic rings. The van der Waals surface area contributed by atoms with Gasteiger partial charge in [0.2, 0.25) is 5.91 Å². The van der Waals surface area contributed by atoms with Gasteiger partial charge in [-0.3, -0.25) is 9.89 Å². The van der Waals surface area contributed by atoms with E-state index in [9.17, 15) is 4.79 Å². The average Bonchev–Trinajstić information content (AvgIpc) is 3.34. The van der Waals surface area contributed by atoms with Crippen molar-refractivity contribution in [1.29, 1.82) is 0 Å². The SMILES string of the molecule is CC(=O)N1c2ccc(-c3cn[nH]c3C3CC3)c(OC3CNC3)c2CC[C@@H]1C. The third kappa shape index (κ3) is 2.83. The number of H-pyrrole nitrogens is 1. The quantitative estimate of drug-likeness (QED) is 0.873. The third-order valence-electron chi connectivity index (χ3n) is 6.06. The second-order valence-corrected chi connectivity index (χ2v) is 8.09. The number of anilines is 1. The molecule has 1 aromatic carbocycles. The van der Waals surface area contributed by atoms with Crippen LogP contribution >= 0.6 is 0 Å². The van der Waals surface area contributed by atoms with E-state index in [1.54, 1.807) is 6.92 Å². The molecule has 0 spiro atoms. The first-order chi connectivity index (χ1) is 13.1. The summed E-state index contributed by atoms with van der Waals surface area (Å²) in [7, 11) is 0. The van der Waals surface area contributed by atoms with Gasteiger partial charge in [-0.2, -0.15) is 5.10 Å². The van der Waals surface area contributed by atoms with Gasteiger partial charge in [0.25, 0.3) is 0 Å². The van der Waals surface area contributed by atoms with Gasteiger partial charge in [-0.25, -0.2) is 0 Å². The van der Waals surface area contributed by atoms with Gasteiger partial charge in [0, 0.05) is 54.4 Å². The first-order valence-corrected chi connectivity index (χ1v) is 10.00. The number of hydrogen-bond donors (Lipinski definition) is 2. The molecule has 142 valence electrons. The molecular formula is C21H26N4O2. The molecule has 1 aromatic heterocycles. The molecule has 1 aliphatic carbocycles. The molecule has 3 aliphatic rings. The fraction of sp³-hybridized carbons (Fsp3) is 0.524. The lowest BCUT2D eigenvalue weighted by atomic mass is 9.91. The molecule has 0 radical (unpaired) electrons. The van der Waals surface area contributed by atoms with Crippen LogP contribution < -0.4 is 15.0 Å². The molecule has 6 nitrogen and oxygen atoms in total. The predicted octanol–water partition coefficient (Wildman–Crippen LogP) is 2.99. The van der Waals surface area contributed by atoms with Crippen molar-refractivity contribution in [1.82, 2.24) is 15.5 Å². The van der Waals surface area contributed by atoms with Gasteiger partial charge in [0.15, 0.2) is 0 Å². The van der Waals surface area contributed by atoms with E-state index < -0.39 is 0 Å². The minimum absolute atomic E-state index is 0.0921. The number of carbonyl (C=O) groups is 1. The molecule has 2 aliphatic heterocycles. The Labute approximate surface area is 159 Å². The summed E-state index contributed by atoms with van der Waals surface area (Å²) in [5, 5.41) is 10.8. The predicted molar refractivity (Wildman–Crippen MR) is 104 cm³/mol. The van der Waals surface area contributed by atoms with Crippen LogP contribution in [-0.2, 0) is 11.2 Å². The normalized spacial score (nSPS) is 22.3. The van der Waals surface area contributed by atoms with E-state index in [2.05, 4.69) is 34.6 Å². The van der Waals surface area contributed by atoms with Gasteiger partial charge in [-0.1, -0.05) is 0 Å². The summed E-state index contributed by atoms with van der Waals surface area (Å²) in [4.78, 5) is 14.2. The number of benzene rings is 1. The Balaban J connectivity index is 1.65. The number of aromatic amines is 1. The minimum Gasteiger partial charge on any atom is -0.487 e. The highest BCUT2D eigenvalue weighted by Crippen LogP contribution is 2.48. The number of nitrogens with zero attached hydrogens (tertiary/aromatic N) is 2. The smallest absolute Gasteiger partial charge is 0.224 e. The topological polar surface area (TPSA) is 70.2 Å². The van der Waals surface area contributed by atoms with Gasteiger partial charge >= 0.3 is 0 Å². The van der Waals surface area contributed by atoms with E-state index in [0.717, 1.165) is 54.1 Å². The average molecular weight is 366 g/mol. The van der Waals surface area contributed by atoms with Crippen molar-refractivity contribution >= 4 is 11.6 Å². The highest BCUT2D eigenvalue weighted by molar-refractivity contribution is 5.95. The zero-order valence-electron chi connectivity index (χ0n) is 15.9. The van der Waals surface area contributed by atoms with Crippen molar-refractivity contribution in [3.8, 4) is 16.9 Å². The van der Waals surface area contributed by atoms with Gasteiger partial charge in [-0.15, -0.1) is 0 Å². The summed E-state index contributed by atoms with van der Waals surface area (Å²) < 4.78 is 6.48. The van der Waals surface area contributed by atoms with Crippen molar-refractivity contribution < 1.29 is 9.53 Å². The van der Waals surface area contributed by atoms with Crippen LogP contribution in [0.2, 0.25) is 0 Å². The van der Waals surface area contributed by atoms with Gasteiger partial charge in [-0.05, 0) is 44.7 Å². The second-order valence-electron chi connectivity index (χ2n) is 8.09. The van der Waals surface area contributed by atoms with Crippen LogP contribution in [0.1, 0.15) is 50.3 Å². The lowest BCUT2D eigenvalue weighted by Gasteiger charge is -2.37. The highest BCUT2D eigenvalue weighted by Gasteiger charge is 2.34. The second kappa shape index (κ2) is 6.37. The fourth-order valence-corrected chi connectivity index (χ4v) is 4.34. The zero-order chi connectivity index (χ0) is 18.5. The van der Waals surface area contributed by atoms with Crippen LogP contribution in [-0.4, -0.2) is 41.3 Å². The zero-order valence-corrected chi connectivity index (χ0v) is 15.9. The van der Waals surface area contributed by atoms with Crippen LogP contribution in [0.5, 0.6) is 5.75 Å². The Morgan fingerprint density at radius 2 is 2.04 bits per heavy atom. The van der Waals surface area contributed by atoms with E-state index in [-0.39, 0.29) is 18.1 Å². The molecule has 5 rings (SSSR count). The van der Waals surface area contributed by atoms with E-state index in [1.807, 2.05) is 11.1 Å². The number of ether oxygens (including phenoxy) is 1. The van der Waals surface area contributed by atoms with Gasteiger partial charge in [0.05, 0.1) is 11.9 Å². The summed E-state index contributed by atoms with van der Waals surface area (Å²) in [5.74, 6) is 1.63. The number of rotatable bonds is 4. The molecule has 3 heterocycles. The molecule has 1 saturated heterocycles. The molecule has 27 heavy (non-hydrogen) atoms. The van der Waals surface area contributed by atoms with Crippen molar-refractivity contribution in [3.63, 3.8) is 0 Å². The molecule has 1 atom stereocenters. The van der Waals surface area contributed by atoms with E-state index >= 15 is 0 Å². The monoisotopic (exact) mass is 366 g/mol. The molecular weight excluding hydrogens is 340 g/mol. The number of fused-ring (bicyclic) bond motifs is 1. The summed E-state index contributed by atoms with van der Waals surface area (Å²) in [5.41, 5.74) is 5.64. The number of hydrogen-bond acceptors (Lipinski definition) is 4. The van der Waals surface area contributed by atoms with Crippen LogP contribution in [0.25, 0.3) is 11.1 Å².